The van der Waals surface area contributed by atoms with Crippen LogP contribution in [0, 0.1) is 5.92 Å². The third-order valence-electron chi connectivity index (χ3n) is 4.62. The van der Waals surface area contributed by atoms with E-state index in [0.29, 0.717) is 29.1 Å². The molecule has 0 aliphatic heterocycles. The molecule has 5 heteroatoms. The van der Waals surface area contributed by atoms with Crippen LogP contribution in [0.4, 0.5) is 0 Å². The van der Waals surface area contributed by atoms with E-state index in [2.05, 4.69) is 41.1 Å². The second-order valence-corrected chi connectivity index (χ2v) is 7.14. The van der Waals surface area contributed by atoms with Gasteiger partial charge in [-0.1, -0.05) is 49.3 Å². The number of aromatic amines is 1. The van der Waals surface area contributed by atoms with Crippen LogP contribution in [-0.4, -0.2) is 15.1 Å². The van der Waals surface area contributed by atoms with E-state index in [0.717, 1.165) is 18.5 Å². The Bertz CT molecular complexity index is 927. The molecular formula is C20H21N3O2. The molecule has 5 nitrogen and oxygen atoms in total. The van der Waals surface area contributed by atoms with Gasteiger partial charge in [0.05, 0.1) is 5.56 Å². The van der Waals surface area contributed by atoms with Gasteiger partial charge < -0.3 is 9.51 Å². The summed E-state index contributed by atoms with van der Waals surface area (Å²) in [6, 6.07) is 14.1. The Morgan fingerprint density at radius 2 is 1.96 bits per heavy atom. The van der Waals surface area contributed by atoms with E-state index in [4.69, 9.17) is 4.52 Å². The zero-order valence-electron chi connectivity index (χ0n) is 14.4. The van der Waals surface area contributed by atoms with Crippen molar-refractivity contribution in [3.8, 4) is 11.4 Å². The van der Waals surface area contributed by atoms with E-state index in [1.54, 1.807) is 6.07 Å². The molecule has 0 spiro atoms. The molecule has 1 aliphatic rings. The average molecular weight is 335 g/mol. The molecule has 2 aromatic heterocycles. The molecule has 1 fully saturated rings. The Labute approximate surface area is 146 Å². The zero-order valence-corrected chi connectivity index (χ0v) is 14.4. The van der Waals surface area contributed by atoms with E-state index in [1.165, 1.54) is 5.56 Å². The fourth-order valence-electron chi connectivity index (χ4n) is 3.28. The van der Waals surface area contributed by atoms with Crippen molar-refractivity contribution >= 4 is 0 Å². The highest BCUT2D eigenvalue weighted by Gasteiger charge is 2.43. The van der Waals surface area contributed by atoms with E-state index in [-0.39, 0.29) is 11.5 Å². The summed E-state index contributed by atoms with van der Waals surface area (Å²) in [6.07, 6.45) is 1.85. The van der Waals surface area contributed by atoms with Gasteiger partial charge in [-0.25, -0.2) is 0 Å². The zero-order chi connectivity index (χ0) is 17.4. The summed E-state index contributed by atoms with van der Waals surface area (Å²) in [7, 11) is 0. The van der Waals surface area contributed by atoms with Gasteiger partial charge in [0.1, 0.15) is 0 Å². The number of benzene rings is 1. The van der Waals surface area contributed by atoms with Gasteiger partial charge in [0.2, 0.25) is 11.7 Å². The van der Waals surface area contributed by atoms with E-state index in [9.17, 15) is 4.79 Å². The standard InChI is InChI=1S/C20H21N3O2/c1-12(2)10-14-8-9-15(19(24)21-14)18-22-20(25-23-18)17-11-16(17)13-6-4-3-5-7-13/h3-9,12,16-17H,10-11H2,1-2H3,(H,21,24)/t16-,17+/m0/s1. The fraction of sp³-hybridized carbons (Fsp3) is 0.350. The second-order valence-electron chi connectivity index (χ2n) is 7.14. The maximum Gasteiger partial charge on any atom is 0.259 e. The molecule has 3 aromatic rings. The smallest absolute Gasteiger partial charge is 0.259 e. The van der Waals surface area contributed by atoms with Crippen LogP contribution in [0.25, 0.3) is 11.4 Å². The summed E-state index contributed by atoms with van der Waals surface area (Å²) in [6.45, 7) is 4.24. The van der Waals surface area contributed by atoms with Gasteiger partial charge in [0, 0.05) is 11.6 Å². The molecule has 0 radical (unpaired) electrons. The summed E-state index contributed by atoms with van der Waals surface area (Å²) in [4.78, 5) is 19.7. The number of nitrogens with zero attached hydrogens (tertiary/aromatic N) is 2. The van der Waals surface area contributed by atoms with Crippen LogP contribution in [0.5, 0.6) is 0 Å². The van der Waals surface area contributed by atoms with Gasteiger partial charge in [-0.15, -0.1) is 0 Å². The lowest BCUT2D eigenvalue weighted by molar-refractivity contribution is 0.378. The third-order valence-corrected chi connectivity index (χ3v) is 4.62. The summed E-state index contributed by atoms with van der Waals surface area (Å²) in [5.74, 6) is 2.16. The number of H-pyrrole nitrogens is 1. The molecule has 0 amide bonds. The summed E-state index contributed by atoms with van der Waals surface area (Å²) in [5.41, 5.74) is 2.52. The summed E-state index contributed by atoms with van der Waals surface area (Å²) >= 11 is 0. The first-order valence-corrected chi connectivity index (χ1v) is 8.73. The van der Waals surface area contributed by atoms with Crippen LogP contribution >= 0.6 is 0 Å². The molecule has 1 aliphatic carbocycles. The van der Waals surface area contributed by atoms with Crippen LogP contribution in [0.1, 0.15) is 49.3 Å². The van der Waals surface area contributed by atoms with Gasteiger partial charge in [-0.05, 0) is 42.4 Å². The minimum atomic E-state index is -0.166. The molecule has 0 unspecified atom stereocenters. The molecule has 4 rings (SSSR count). The van der Waals surface area contributed by atoms with Gasteiger partial charge in [0.25, 0.3) is 5.56 Å². The molecule has 2 heterocycles. The Morgan fingerprint density at radius 3 is 2.68 bits per heavy atom. The number of hydrogen-bond donors (Lipinski definition) is 1. The predicted octanol–water partition coefficient (Wildman–Crippen LogP) is 3.89. The molecule has 1 saturated carbocycles. The van der Waals surface area contributed by atoms with Gasteiger partial charge in [0.15, 0.2) is 0 Å². The van der Waals surface area contributed by atoms with Crippen LogP contribution in [0.2, 0.25) is 0 Å². The fourth-order valence-corrected chi connectivity index (χ4v) is 3.28. The minimum Gasteiger partial charge on any atom is -0.339 e. The predicted molar refractivity (Wildman–Crippen MR) is 95.4 cm³/mol. The highest BCUT2D eigenvalue weighted by molar-refractivity contribution is 5.52. The monoisotopic (exact) mass is 335 g/mol. The lowest BCUT2D eigenvalue weighted by atomic mass is 10.1. The molecule has 128 valence electrons. The SMILES string of the molecule is CC(C)Cc1ccc(-c2noc([C@@H]3C[C@H]3c3ccccc3)n2)c(=O)[nH]1. The van der Waals surface area contributed by atoms with Crippen LogP contribution in [0.3, 0.4) is 0 Å². The average Bonchev–Trinajstić information content (AvgIpc) is 3.25. The van der Waals surface area contributed by atoms with Gasteiger partial charge in [-0.2, -0.15) is 4.98 Å². The first-order chi connectivity index (χ1) is 12.1. The van der Waals surface area contributed by atoms with Gasteiger partial charge >= 0.3 is 0 Å². The van der Waals surface area contributed by atoms with Crippen molar-refractivity contribution < 1.29 is 4.52 Å². The summed E-state index contributed by atoms with van der Waals surface area (Å²) in [5, 5.41) is 4.02. The Kier molecular flexibility index (Phi) is 3.99. The minimum absolute atomic E-state index is 0.166. The molecular weight excluding hydrogens is 314 g/mol. The van der Waals surface area contributed by atoms with Crippen molar-refractivity contribution in [3.05, 3.63) is 70.0 Å². The van der Waals surface area contributed by atoms with Crippen molar-refractivity contribution in [2.45, 2.75) is 38.5 Å². The normalized spacial score (nSPS) is 19.3. The van der Waals surface area contributed by atoms with Gasteiger partial charge in [-0.3, -0.25) is 4.79 Å². The highest BCUT2D eigenvalue weighted by atomic mass is 16.5. The first-order valence-electron chi connectivity index (χ1n) is 8.73. The Hall–Kier alpha value is -2.69. The first kappa shape index (κ1) is 15.8. The maximum absolute atomic E-state index is 12.3. The van der Waals surface area contributed by atoms with Crippen LogP contribution in [-0.2, 0) is 6.42 Å². The number of pyridine rings is 1. The largest absolute Gasteiger partial charge is 0.339 e. The molecule has 0 saturated heterocycles. The number of hydrogen-bond acceptors (Lipinski definition) is 4. The van der Waals surface area contributed by atoms with Crippen molar-refractivity contribution in [1.29, 1.82) is 0 Å². The second kappa shape index (κ2) is 6.31. The molecule has 1 N–H and O–H groups in total. The maximum atomic E-state index is 12.3. The molecule has 1 aromatic carbocycles. The van der Waals surface area contributed by atoms with Crippen LogP contribution < -0.4 is 5.56 Å². The molecule has 0 bridgehead atoms. The lowest BCUT2D eigenvalue weighted by Crippen LogP contribution is -2.13. The van der Waals surface area contributed by atoms with Crippen molar-refractivity contribution in [3.63, 3.8) is 0 Å². The Balaban J connectivity index is 1.53. The quantitative estimate of drug-likeness (QED) is 0.768. The number of nitrogens with one attached hydrogen (secondary N) is 1. The van der Waals surface area contributed by atoms with E-state index in [1.807, 2.05) is 24.3 Å². The van der Waals surface area contributed by atoms with Crippen molar-refractivity contribution in [2.75, 3.05) is 0 Å². The highest BCUT2D eigenvalue weighted by Crippen LogP contribution is 2.54. The van der Waals surface area contributed by atoms with Crippen LogP contribution in [0.15, 0.2) is 51.8 Å². The molecule has 25 heavy (non-hydrogen) atoms. The molecule has 2 atom stereocenters. The van der Waals surface area contributed by atoms with Crippen molar-refractivity contribution in [2.24, 2.45) is 5.92 Å². The Morgan fingerprint density at radius 1 is 1.16 bits per heavy atom. The number of rotatable bonds is 5. The summed E-state index contributed by atoms with van der Waals surface area (Å²) < 4.78 is 5.43. The number of aromatic nitrogens is 3. The van der Waals surface area contributed by atoms with E-state index >= 15 is 0 Å². The third kappa shape index (κ3) is 3.27. The van der Waals surface area contributed by atoms with E-state index < -0.39 is 0 Å². The van der Waals surface area contributed by atoms with Crippen molar-refractivity contribution in [1.82, 2.24) is 15.1 Å². The topological polar surface area (TPSA) is 71.8 Å². The lowest BCUT2D eigenvalue weighted by Gasteiger charge is -2.04.